The number of esters is 5. The summed E-state index contributed by atoms with van der Waals surface area (Å²) in [7, 11) is 0. The van der Waals surface area contributed by atoms with Crippen molar-refractivity contribution in [1.29, 1.82) is 0 Å². The number of hydrogen-bond donors (Lipinski definition) is 0. The highest BCUT2D eigenvalue weighted by atomic mass is 16.6. The minimum Gasteiger partial charge on any atom is -0.465 e. The molecule has 0 aromatic rings. The lowest BCUT2D eigenvalue weighted by Gasteiger charge is -2.43. The topological polar surface area (TPSA) is 132 Å². The second kappa shape index (κ2) is 27.3. The van der Waals surface area contributed by atoms with Crippen molar-refractivity contribution >= 4 is 29.8 Å². The van der Waals surface area contributed by atoms with Crippen LogP contribution in [-0.2, 0) is 47.7 Å². The lowest BCUT2D eigenvalue weighted by molar-refractivity contribution is -0.169. The summed E-state index contributed by atoms with van der Waals surface area (Å²) in [5, 5.41) is 0. The van der Waals surface area contributed by atoms with E-state index in [1.807, 2.05) is 66.7 Å². The molecule has 5 saturated heterocycles. The number of cyclic esters (lactones) is 5. The van der Waals surface area contributed by atoms with E-state index in [9.17, 15) is 24.0 Å². The lowest BCUT2D eigenvalue weighted by atomic mass is 9.66. The maximum absolute atomic E-state index is 11.4. The maximum atomic E-state index is 11.4. The van der Waals surface area contributed by atoms with Crippen molar-refractivity contribution in [2.24, 2.45) is 74.9 Å². The fourth-order valence-corrected chi connectivity index (χ4v) is 11.0. The van der Waals surface area contributed by atoms with Gasteiger partial charge in [0.15, 0.2) is 0 Å². The lowest BCUT2D eigenvalue weighted by Crippen LogP contribution is -2.45. The molecule has 0 bridgehead atoms. The Morgan fingerprint density at radius 3 is 1.61 bits per heavy atom. The van der Waals surface area contributed by atoms with Gasteiger partial charge in [0.05, 0.1) is 43.5 Å². The summed E-state index contributed by atoms with van der Waals surface area (Å²) in [6.07, 6.45) is 20.5. The van der Waals surface area contributed by atoms with Gasteiger partial charge in [0.2, 0.25) is 0 Å². The van der Waals surface area contributed by atoms with E-state index in [1.165, 1.54) is 0 Å². The molecule has 0 N–H and O–H groups in total. The Hall–Kier alpha value is -3.43. The van der Waals surface area contributed by atoms with E-state index in [1.54, 1.807) is 0 Å². The Bertz CT molecular complexity index is 1560. The van der Waals surface area contributed by atoms with Gasteiger partial charge in [-0.05, 0) is 57.3 Å². The minimum absolute atomic E-state index is 0.00886. The molecular weight excluding hydrogens is 809 g/mol. The molecule has 5 aliphatic rings. The number of carbonyl (C=O) groups is 5. The summed E-state index contributed by atoms with van der Waals surface area (Å²) in [6, 6.07) is 0. The van der Waals surface area contributed by atoms with Crippen molar-refractivity contribution in [3.63, 3.8) is 0 Å². The van der Waals surface area contributed by atoms with Crippen LogP contribution in [0.1, 0.15) is 169 Å². The van der Waals surface area contributed by atoms with E-state index in [0.29, 0.717) is 69.0 Å². The maximum Gasteiger partial charge on any atom is 0.308 e. The zero-order valence-electron chi connectivity index (χ0n) is 43.4. The molecule has 0 aromatic carbocycles. The van der Waals surface area contributed by atoms with Crippen molar-refractivity contribution in [2.75, 3.05) is 33.0 Å². The Balaban J connectivity index is 0.000000400. The molecule has 12 unspecified atom stereocenters. The van der Waals surface area contributed by atoms with Crippen LogP contribution in [0.3, 0.4) is 0 Å². The van der Waals surface area contributed by atoms with Gasteiger partial charge in [0.25, 0.3) is 0 Å². The SMILES string of the molecule is C/C=C/C1(C)COC(=O)C(C)C1.C/C=C/C1(C)COC(=O)CC1CC.C/C=C/C1COC(=O)C(C)C1CC.CCC1C(C)C(=O)OCC1(C)C.CCCC1(C)COC(=O)C(C)C1CC. The van der Waals surface area contributed by atoms with E-state index in [2.05, 4.69) is 87.5 Å². The molecule has 0 spiro atoms. The van der Waals surface area contributed by atoms with Gasteiger partial charge in [-0.25, -0.2) is 0 Å². The molecule has 10 heteroatoms. The van der Waals surface area contributed by atoms with Crippen molar-refractivity contribution < 1.29 is 47.7 Å². The molecule has 12 atom stereocenters. The summed E-state index contributed by atoms with van der Waals surface area (Å²) in [5.41, 5.74) is 0.471. The third-order valence-corrected chi connectivity index (χ3v) is 14.8. The summed E-state index contributed by atoms with van der Waals surface area (Å²) in [6.45, 7) is 38.3. The Labute approximate surface area is 389 Å². The highest BCUT2D eigenvalue weighted by molar-refractivity contribution is 5.74. The van der Waals surface area contributed by atoms with Crippen LogP contribution < -0.4 is 0 Å². The molecule has 0 saturated carbocycles. The Morgan fingerprint density at radius 2 is 1.12 bits per heavy atom. The largest absolute Gasteiger partial charge is 0.465 e. The predicted molar refractivity (Wildman–Crippen MR) is 257 cm³/mol. The third-order valence-electron chi connectivity index (χ3n) is 14.8. The van der Waals surface area contributed by atoms with Gasteiger partial charge in [-0.1, -0.05) is 165 Å². The summed E-state index contributed by atoms with van der Waals surface area (Å²) < 4.78 is 25.6. The molecule has 5 rings (SSSR count). The molecule has 0 amide bonds. The van der Waals surface area contributed by atoms with E-state index < -0.39 is 0 Å². The molecule has 5 aliphatic heterocycles. The second-order valence-corrected chi connectivity index (χ2v) is 20.7. The molecule has 0 aromatic heterocycles. The number of hydrogen-bond acceptors (Lipinski definition) is 10. The molecule has 10 nitrogen and oxygen atoms in total. The average Bonchev–Trinajstić information content (AvgIpc) is 3.24. The molecule has 64 heavy (non-hydrogen) atoms. The van der Waals surface area contributed by atoms with Crippen LogP contribution in [0.15, 0.2) is 36.5 Å². The second-order valence-electron chi connectivity index (χ2n) is 20.7. The van der Waals surface area contributed by atoms with Crippen molar-refractivity contribution in [3.8, 4) is 0 Å². The standard InChI is InChI=1S/C12H22O2.2C11H18O2.C10H18O2.C10H16O2/c1-5-7-12(4)8-14-11(13)9(3)10(12)6-2;1-4-6-11(3)8-13-10(12)7-9(11)5-2;1-4-6-9-7-13-11(12)8(3)10(9)5-2;1-5-8-7(2)9(11)12-6-10(8,3)4;1-4-5-10(3)6-8(2)9(11)12-7-10/h9-10H,5-8H2,1-4H3;4,6,9H,5,7-8H2,1-3H3;4,6,8-10H,5,7H2,1-3H3;7-8H,5-6H2,1-4H3;4-5,8H,6-7H2,1-3H3/b;2*6-4+;;5-4+. The van der Waals surface area contributed by atoms with Gasteiger partial charge in [0, 0.05) is 34.0 Å². The Morgan fingerprint density at radius 1 is 0.578 bits per heavy atom. The molecule has 368 valence electrons. The van der Waals surface area contributed by atoms with Gasteiger partial charge >= 0.3 is 29.8 Å². The number of ether oxygens (including phenoxy) is 5. The summed E-state index contributed by atoms with van der Waals surface area (Å²) >= 11 is 0. The number of allylic oxidation sites excluding steroid dienone is 3. The average molecular weight is 901 g/mol. The van der Waals surface area contributed by atoms with Gasteiger partial charge in [-0.3, -0.25) is 24.0 Å². The zero-order valence-corrected chi connectivity index (χ0v) is 43.4. The molecule has 5 heterocycles. The first kappa shape index (κ1) is 58.6. The van der Waals surface area contributed by atoms with Crippen LogP contribution >= 0.6 is 0 Å². The van der Waals surface area contributed by atoms with Crippen molar-refractivity contribution in [2.45, 2.75) is 169 Å². The van der Waals surface area contributed by atoms with Gasteiger partial charge in [0.1, 0.15) is 13.2 Å². The van der Waals surface area contributed by atoms with Crippen LogP contribution in [0.25, 0.3) is 0 Å². The van der Waals surface area contributed by atoms with Crippen LogP contribution in [0.5, 0.6) is 0 Å². The van der Waals surface area contributed by atoms with Crippen LogP contribution in [0.4, 0.5) is 0 Å². The van der Waals surface area contributed by atoms with Gasteiger partial charge in [-0.2, -0.15) is 0 Å². The first-order chi connectivity index (χ1) is 29.9. The summed E-state index contributed by atoms with van der Waals surface area (Å²) in [5.74, 6) is 2.33. The van der Waals surface area contributed by atoms with E-state index >= 15 is 0 Å². The fourth-order valence-electron chi connectivity index (χ4n) is 11.0. The van der Waals surface area contributed by atoms with Crippen molar-refractivity contribution in [3.05, 3.63) is 36.5 Å². The van der Waals surface area contributed by atoms with E-state index in [-0.39, 0.29) is 75.2 Å². The fraction of sp³-hybridized carbons (Fsp3) is 0.796. The van der Waals surface area contributed by atoms with E-state index in [0.717, 1.165) is 44.9 Å². The molecule has 0 radical (unpaired) electrons. The third kappa shape index (κ3) is 16.8. The quantitative estimate of drug-likeness (QED) is 0.125. The molecule has 5 fully saturated rings. The number of carbonyl (C=O) groups excluding carboxylic acids is 5. The highest BCUT2D eigenvalue weighted by Gasteiger charge is 2.44. The van der Waals surface area contributed by atoms with Gasteiger partial charge < -0.3 is 23.7 Å². The van der Waals surface area contributed by atoms with Crippen LogP contribution in [0, 0.1) is 74.9 Å². The predicted octanol–water partition coefficient (Wildman–Crippen LogP) is 12.3. The molecular formula is C54H92O10. The smallest absolute Gasteiger partial charge is 0.308 e. The Kier molecular flexibility index (Phi) is 25.0. The normalized spacial score (nSPS) is 36.0. The summed E-state index contributed by atoms with van der Waals surface area (Å²) in [4.78, 5) is 56.0. The van der Waals surface area contributed by atoms with Crippen molar-refractivity contribution in [1.82, 2.24) is 0 Å². The monoisotopic (exact) mass is 901 g/mol. The van der Waals surface area contributed by atoms with Crippen LogP contribution in [-0.4, -0.2) is 62.9 Å². The minimum atomic E-state index is -0.0584. The highest BCUT2D eigenvalue weighted by Crippen LogP contribution is 2.44. The molecule has 0 aliphatic carbocycles. The van der Waals surface area contributed by atoms with E-state index in [4.69, 9.17) is 23.7 Å². The van der Waals surface area contributed by atoms with Crippen LogP contribution in [0.2, 0.25) is 0 Å². The number of rotatable bonds is 9. The zero-order chi connectivity index (χ0) is 49.1. The first-order valence-electron chi connectivity index (χ1n) is 24.7. The first-order valence-corrected chi connectivity index (χ1v) is 24.7. The van der Waals surface area contributed by atoms with Gasteiger partial charge in [-0.15, -0.1) is 0 Å².